The molecule has 4 N–H and O–H groups in total. The zero-order valence-electron chi connectivity index (χ0n) is 16.0. The fourth-order valence-corrected chi connectivity index (χ4v) is 0.437. The van der Waals surface area contributed by atoms with E-state index in [0.717, 1.165) is 12.2 Å². The van der Waals surface area contributed by atoms with Gasteiger partial charge in [-0.2, -0.15) is 0 Å². The topological polar surface area (TPSA) is 168 Å². The monoisotopic (exact) mass is 370 g/mol. The van der Waals surface area contributed by atoms with Crippen molar-refractivity contribution in [3.8, 4) is 0 Å². The van der Waals surface area contributed by atoms with E-state index in [1.54, 1.807) is 0 Å². The van der Waals surface area contributed by atoms with Gasteiger partial charge in [0.15, 0.2) is 12.2 Å². The molecular formula is C12H20Na2O10. The second-order valence-electron chi connectivity index (χ2n) is 3.02. The number of ether oxygens (including phenoxy) is 2. The predicted molar refractivity (Wildman–Crippen MR) is 73.9 cm³/mol. The third-order valence-corrected chi connectivity index (χ3v) is 1.54. The van der Waals surface area contributed by atoms with Crippen LogP contribution in [0.15, 0.2) is 25.3 Å². The fourth-order valence-electron chi connectivity index (χ4n) is 0.437. The van der Waals surface area contributed by atoms with Crippen LogP contribution in [-0.2, 0) is 28.7 Å². The van der Waals surface area contributed by atoms with Crippen molar-refractivity contribution in [2.24, 2.45) is 0 Å². The van der Waals surface area contributed by atoms with Gasteiger partial charge in [-0.25, -0.2) is 19.2 Å². The molecule has 0 saturated heterocycles. The second kappa shape index (κ2) is 22.3. The van der Waals surface area contributed by atoms with Gasteiger partial charge in [-0.1, -0.05) is 13.2 Å². The van der Waals surface area contributed by atoms with E-state index < -0.39 is 36.1 Å². The van der Waals surface area contributed by atoms with Crippen molar-refractivity contribution in [3.63, 3.8) is 0 Å². The first-order valence-electron chi connectivity index (χ1n) is 5.31. The summed E-state index contributed by atoms with van der Waals surface area (Å²) in [6, 6.07) is 0. The van der Waals surface area contributed by atoms with Crippen molar-refractivity contribution in [2.45, 2.75) is 12.2 Å². The Balaban J connectivity index is -0.0000000404. The zero-order chi connectivity index (χ0) is 18.3. The Kier molecular flexibility index (Phi) is 32.1. The number of carboxylic acid groups (broad SMARTS) is 2. The minimum absolute atomic E-state index is 0. The zero-order valence-corrected chi connectivity index (χ0v) is 18.0. The molecule has 2 atom stereocenters. The molecule has 0 aliphatic rings. The van der Waals surface area contributed by atoms with Crippen molar-refractivity contribution in [1.29, 1.82) is 0 Å². The van der Waals surface area contributed by atoms with Crippen molar-refractivity contribution in [1.82, 2.24) is 0 Å². The van der Waals surface area contributed by atoms with E-state index in [1.807, 2.05) is 0 Å². The van der Waals surface area contributed by atoms with Crippen LogP contribution in [0.1, 0.15) is 2.85 Å². The summed E-state index contributed by atoms with van der Waals surface area (Å²) in [6.45, 7) is 6.31. The third kappa shape index (κ3) is 23.5. The molecule has 12 heteroatoms. The Bertz CT molecular complexity index is 383. The molecule has 10 nitrogen and oxygen atoms in total. The molecule has 0 heterocycles. The molecular weight excluding hydrogens is 350 g/mol. The van der Waals surface area contributed by atoms with Gasteiger partial charge < -0.3 is 32.8 Å². The molecule has 130 valence electrons. The molecule has 0 saturated carbocycles. The molecule has 0 aromatic heterocycles. The first-order valence-corrected chi connectivity index (χ1v) is 5.31. The Morgan fingerprint density at radius 1 is 0.833 bits per heavy atom. The van der Waals surface area contributed by atoms with Crippen LogP contribution in [0.4, 0.5) is 0 Å². The van der Waals surface area contributed by atoms with Gasteiger partial charge in [0.2, 0.25) is 0 Å². The SMILES string of the molecule is C=CC(=O)OC.C=CC(=O)OC.O=C(O)C(O)C(O)C(=O)O.[H-].[H-].[Na+].[Na+]. The van der Waals surface area contributed by atoms with Crippen molar-refractivity contribution < 1.29 is 111 Å². The van der Waals surface area contributed by atoms with Crippen LogP contribution in [0.25, 0.3) is 0 Å². The summed E-state index contributed by atoms with van der Waals surface area (Å²) < 4.78 is 8.28. The number of hydrogen-bond donors (Lipinski definition) is 4. The first-order chi connectivity index (χ1) is 10.1. The van der Waals surface area contributed by atoms with Crippen LogP contribution in [0.2, 0.25) is 0 Å². The minimum atomic E-state index is -2.27. The van der Waals surface area contributed by atoms with E-state index in [9.17, 15) is 19.2 Å². The molecule has 0 bridgehead atoms. The van der Waals surface area contributed by atoms with Gasteiger partial charge in [0.05, 0.1) is 14.2 Å². The number of aliphatic carboxylic acids is 2. The summed E-state index contributed by atoms with van der Waals surface area (Å²) in [6.07, 6.45) is -2.31. The van der Waals surface area contributed by atoms with Crippen LogP contribution in [0, 0.1) is 0 Å². The molecule has 0 spiro atoms. The van der Waals surface area contributed by atoms with Crippen molar-refractivity contribution >= 4 is 23.9 Å². The number of carbonyl (C=O) groups excluding carboxylic acids is 2. The molecule has 0 aromatic carbocycles. The third-order valence-electron chi connectivity index (χ3n) is 1.54. The second-order valence-corrected chi connectivity index (χ2v) is 3.02. The number of esters is 2. The summed E-state index contributed by atoms with van der Waals surface area (Å²) in [5, 5.41) is 32.5. The maximum Gasteiger partial charge on any atom is 1.00 e. The van der Waals surface area contributed by atoms with Gasteiger partial charge in [-0.15, -0.1) is 0 Å². The fraction of sp³-hybridized carbons (Fsp3) is 0.333. The van der Waals surface area contributed by atoms with E-state index >= 15 is 0 Å². The van der Waals surface area contributed by atoms with Crippen LogP contribution < -0.4 is 59.1 Å². The summed E-state index contributed by atoms with van der Waals surface area (Å²) in [7, 11) is 2.62. The molecule has 2 unspecified atom stereocenters. The van der Waals surface area contributed by atoms with Gasteiger partial charge in [-0.05, 0) is 0 Å². The Morgan fingerprint density at radius 2 is 1.04 bits per heavy atom. The summed E-state index contributed by atoms with van der Waals surface area (Å²) in [5.74, 6) is -4.32. The standard InChI is InChI=1S/C4H6O6.2C4H6O2.2Na.2H/c5-1(3(7)8)2(6)4(9)10;2*1-3-4(5)6-2;;;;/h1-2,5-6H,(H,7,8)(H,9,10);2*3H,1H2,2H3;;;;/q;;;2*+1;2*-1. The molecule has 0 radical (unpaired) electrons. The number of aliphatic hydroxyl groups excluding tert-OH is 2. The van der Waals surface area contributed by atoms with Crippen LogP contribution in [-0.4, -0.2) is 70.7 Å². The number of methoxy groups -OCH3 is 2. The Labute approximate surface area is 185 Å². The van der Waals surface area contributed by atoms with Crippen LogP contribution in [0.5, 0.6) is 0 Å². The molecule has 0 fully saturated rings. The molecule has 0 aromatic rings. The van der Waals surface area contributed by atoms with E-state index in [2.05, 4.69) is 22.6 Å². The largest absolute Gasteiger partial charge is 1.00 e. The number of aliphatic hydroxyl groups is 2. The van der Waals surface area contributed by atoms with Gasteiger partial charge in [0, 0.05) is 12.2 Å². The van der Waals surface area contributed by atoms with Crippen molar-refractivity contribution in [2.75, 3.05) is 14.2 Å². The number of carboxylic acids is 2. The maximum atomic E-state index is 9.84. The summed E-state index contributed by atoms with van der Waals surface area (Å²) in [5.41, 5.74) is 0. The molecule has 0 aliphatic heterocycles. The average molecular weight is 370 g/mol. The predicted octanol–water partition coefficient (Wildman–Crippen LogP) is -7.20. The molecule has 0 rings (SSSR count). The minimum Gasteiger partial charge on any atom is -1.00 e. The molecule has 24 heavy (non-hydrogen) atoms. The number of hydrogen-bond acceptors (Lipinski definition) is 8. The van der Waals surface area contributed by atoms with Gasteiger partial charge in [0.25, 0.3) is 0 Å². The van der Waals surface area contributed by atoms with E-state index in [1.165, 1.54) is 14.2 Å². The van der Waals surface area contributed by atoms with Gasteiger partial charge in [-0.3, -0.25) is 0 Å². The number of carbonyl (C=O) groups is 4. The van der Waals surface area contributed by atoms with Gasteiger partial charge in [0.1, 0.15) is 0 Å². The smallest absolute Gasteiger partial charge is 1.00 e. The van der Waals surface area contributed by atoms with E-state index in [-0.39, 0.29) is 62.0 Å². The summed E-state index contributed by atoms with van der Waals surface area (Å²) >= 11 is 0. The van der Waals surface area contributed by atoms with Crippen LogP contribution >= 0.6 is 0 Å². The molecule has 0 aliphatic carbocycles. The van der Waals surface area contributed by atoms with E-state index in [0.29, 0.717) is 0 Å². The summed E-state index contributed by atoms with van der Waals surface area (Å²) in [4.78, 5) is 39.2. The van der Waals surface area contributed by atoms with Crippen molar-refractivity contribution in [3.05, 3.63) is 25.3 Å². The average Bonchev–Trinajstić information content (AvgIpc) is 2.52. The van der Waals surface area contributed by atoms with Crippen LogP contribution in [0.3, 0.4) is 0 Å². The van der Waals surface area contributed by atoms with E-state index in [4.69, 9.17) is 20.4 Å². The maximum absolute atomic E-state index is 9.84. The Hall–Kier alpha value is -0.720. The quantitative estimate of drug-likeness (QED) is 0.207. The normalized spacial score (nSPS) is 10.0. The van der Waals surface area contributed by atoms with Gasteiger partial charge >= 0.3 is 83.0 Å². The number of rotatable bonds is 5. The first kappa shape index (κ1) is 34.6. The molecule has 0 amide bonds. The Morgan fingerprint density at radius 3 is 1.08 bits per heavy atom.